The number of quaternary nitrogens is 1. The minimum atomic E-state index is -0.164. The van der Waals surface area contributed by atoms with Crippen molar-refractivity contribution in [3.05, 3.63) is 70.9 Å². The summed E-state index contributed by atoms with van der Waals surface area (Å²) in [4.78, 5) is 15.9. The maximum atomic E-state index is 12.8. The summed E-state index contributed by atoms with van der Waals surface area (Å²) in [5.74, 6) is 0.135. The molecular weight excluding hydrogens is 308 g/mol. The largest absolute Gasteiger partial charge is 0.360 e. The van der Waals surface area contributed by atoms with Gasteiger partial charge in [0.15, 0.2) is 0 Å². The molecule has 0 aliphatic carbocycles. The molecule has 0 bridgehead atoms. The van der Waals surface area contributed by atoms with Crippen LogP contribution in [0.4, 0.5) is 0 Å². The molecule has 0 saturated carbocycles. The summed E-state index contributed by atoms with van der Waals surface area (Å²) < 4.78 is 0. The topological polar surface area (TPSA) is 49.5 Å². The molecule has 3 aromatic rings. The first-order valence-corrected chi connectivity index (χ1v) is 8.15. The van der Waals surface area contributed by atoms with Gasteiger partial charge in [0.2, 0.25) is 5.78 Å². The molecule has 0 aliphatic heterocycles. The molecule has 2 aromatic carbocycles. The van der Waals surface area contributed by atoms with Crippen molar-refractivity contribution in [2.75, 3.05) is 0 Å². The Morgan fingerprint density at radius 3 is 2.70 bits per heavy atom. The zero-order valence-corrected chi connectivity index (χ0v) is 14.0. The molecule has 0 fully saturated rings. The molecule has 118 valence electrons. The van der Waals surface area contributed by atoms with Crippen molar-refractivity contribution in [3.63, 3.8) is 0 Å². The molecule has 1 aromatic heterocycles. The standard InChI is InChI=1S/C19H19ClN2O/c1-12(14-6-5-7-15(20)10-14)22-13(2)19(23)17-11-21-18-9-4-3-8-16(17)18/h3-13,21-22H,1-2H3/p+1/t12-,13+/m0/s1. The number of carbonyl (C=O) groups is 1. The first kappa shape index (κ1) is 15.8. The quantitative estimate of drug-likeness (QED) is 0.689. The average Bonchev–Trinajstić information content (AvgIpc) is 2.98. The van der Waals surface area contributed by atoms with E-state index in [9.17, 15) is 4.79 Å². The first-order valence-electron chi connectivity index (χ1n) is 7.77. The molecule has 3 N–H and O–H groups in total. The summed E-state index contributed by atoms with van der Waals surface area (Å²) >= 11 is 6.05. The van der Waals surface area contributed by atoms with Crippen molar-refractivity contribution in [2.45, 2.75) is 25.9 Å². The van der Waals surface area contributed by atoms with E-state index in [1.165, 1.54) is 0 Å². The highest BCUT2D eigenvalue weighted by Crippen LogP contribution is 2.19. The van der Waals surface area contributed by atoms with Gasteiger partial charge in [0.1, 0.15) is 12.1 Å². The molecule has 1 heterocycles. The van der Waals surface area contributed by atoms with Gasteiger partial charge in [-0.25, -0.2) is 0 Å². The lowest BCUT2D eigenvalue weighted by molar-refractivity contribution is -0.709. The van der Waals surface area contributed by atoms with Gasteiger partial charge in [-0.1, -0.05) is 41.9 Å². The lowest BCUT2D eigenvalue weighted by atomic mass is 10.0. The summed E-state index contributed by atoms with van der Waals surface area (Å²) in [6.07, 6.45) is 1.81. The first-order chi connectivity index (χ1) is 11.1. The van der Waals surface area contributed by atoms with E-state index in [0.717, 1.165) is 27.1 Å². The van der Waals surface area contributed by atoms with E-state index in [-0.39, 0.29) is 17.9 Å². The molecule has 3 nitrogen and oxygen atoms in total. The number of aromatic nitrogens is 1. The summed E-state index contributed by atoms with van der Waals surface area (Å²) in [5.41, 5.74) is 2.87. The second-order valence-corrected chi connectivity index (χ2v) is 6.37. The van der Waals surface area contributed by atoms with Crippen LogP contribution in [0.15, 0.2) is 54.7 Å². The molecule has 3 rings (SSSR count). The van der Waals surface area contributed by atoms with Crippen LogP contribution in [0, 0.1) is 0 Å². The van der Waals surface area contributed by atoms with E-state index in [1.807, 2.05) is 55.5 Å². The van der Waals surface area contributed by atoms with Crippen molar-refractivity contribution < 1.29 is 10.1 Å². The van der Waals surface area contributed by atoms with Crippen LogP contribution in [-0.4, -0.2) is 16.8 Å². The Kier molecular flexibility index (Phi) is 4.51. The van der Waals surface area contributed by atoms with Crippen LogP contribution in [0.5, 0.6) is 0 Å². The van der Waals surface area contributed by atoms with Crippen LogP contribution < -0.4 is 5.32 Å². The molecule has 0 saturated heterocycles. The van der Waals surface area contributed by atoms with E-state index in [4.69, 9.17) is 11.6 Å². The van der Waals surface area contributed by atoms with E-state index >= 15 is 0 Å². The highest BCUT2D eigenvalue weighted by molar-refractivity contribution is 6.30. The van der Waals surface area contributed by atoms with Crippen LogP contribution in [-0.2, 0) is 0 Å². The fraction of sp³-hybridized carbons (Fsp3) is 0.211. The smallest absolute Gasteiger partial charge is 0.221 e. The zero-order valence-electron chi connectivity index (χ0n) is 13.2. The van der Waals surface area contributed by atoms with Gasteiger partial charge in [0, 0.05) is 33.2 Å². The minimum absolute atomic E-state index is 0.135. The van der Waals surface area contributed by atoms with Gasteiger partial charge >= 0.3 is 0 Å². The SMILES string of the molecule is C[C@H]([NH2+][C@H](C)C(=O)c1c[nH]c2ccccc12)c1cccc(Cl)c1. The molecule has 0 radical (unpaired) electrons. The third-order valence-electron chi connectivity index (χ3n) is 4.22. The maximum absolute atomic E-state index is 12.8. The predicted octanol–water partition coefficient (Wildman–Crippen LogP) is 3.72. The van der Waals surface area contributed by atoms with Crippen LogP contribution in [0.2, 0.25) is 5.02 Å². The lowest BCUT2D eigenvalue weighted by Crippen LogP contribution is -2.91. The number of Topliss-reactive ketones (excluding diaryl/α,β-unsaturated/α-hetero) is 1. The molecule has 0 unspecified atom stereocenters. The third-order valence-corrected chi connectivity index (χ3v) is 4.46. The maximum Gasteiger partial charge on any atom is 0.221 e. The second kappa shape index (κ2) is 6.57. The number of benzene rings is 2. The van der Waals surface area contributed by atoms with E-state index in [1.54, 1.807) is 6.20 Å². The fourth-order valence-electron chi connectivity index (χ4n) is 2.94. The molecule has 2 atom stereocenters. The van der Waals surface area contributed by atoms with Crippen molar-refractivity contribution in [2.24, 2.45) is 0 Å². The Labute approximate surface area is 140 Å². The number of fused-ring (bicyclic) bond motifs is 1. The number of hydrogen-bond acceptors (Lipinski definition) is 1. The fourth-order valence-corrected chi connectivity index (χ4v) is 3.14. The molecule has 4 heteroatoms. The van der Waals surface area contributed by atoms with Crippen LogP contribution in [0.1, 0.15) is 35.8 Å². The molecule has 0 aliphatic rings. The Morgan fingerprint density at radius 1 is 1.13 bits per heavy atom. The van der Waals surface area contributed by atoms with Gasteiger partial charge in [-0.3, -0.25) is 4.79 Å². The predicted molar refractivity (Wildman–Crippen MR) is 93.9 cm³/mol. The highest BCUT2D eigenvalue weighted by atomic mass is 35.5. The number of nitrogens with two attached hydrogens (primary N) is 1. The third kappa shape index (κ3) is 3.31. The number of hydrogen-bond donors (Lipinski definition) is 2. The number of halogens is 1. The summed E-state index contributed by atoms with van der Waals surface area (Å²) in [5, 5.41) is 3.78. The second-order valence-electron chi connectivity index (χ2n) is 5.94. The Morgan fingerprint density at radius 2 is 1.91 bits per heavy atom. The highest BCUT2D eigenvalue weighted by Gasteiger charge is 2.23. The molecule has 23 heavy (non-hydrogen) atoms. The van der Waals surface area contributed by atoms with Crippen molar-refractivity contribution in [3.8, 4) is 0 Å². The number of carbonyl (C=O) groups excluding carboxylic acids is 1. The van der Waals surface area contributed by atoms with Crippen molar-refractivity contribution in [1.82, 2.24) is 4.98 Å². The molecular formula is C19H20ClN2O+. The number of ketones is 1. The van der Waals surface area contributed by atoms with E-state index in [0.29, 0.717) is 0 Å². The zero-order chi connectivity index (χ0) is 16.4. The van der Waals surface area contributed by atoms with Crippen molar-refractivity contribution in [1.29, 1.82) is 0 Å². The Balaban J connectivity index is 1.77. The number of rotatable bonds is 5. The number of para-hydroxylation sites is 1. The number of H-pyrrole nitrogens is 1. The van der Waals surface area contributed by atoms with Crippen molar-refractivity contribution >= 4 is 28.3 Å². The minimum Gasteiger partial charge on any atom is -0.360 e. The van der Waals surface area contributed by atoms with E-state index in [2.05, 4.69) is 17.2 Å². The molecule has 0 spiro atoms. The average molecular weight is 328 g/mol. The number of nitrogens with one attached hydrogen (secondary N) is 1. The van der Waals surface area contributed by atoms with Gasteiger partial charge in [-0.2, -0.15) is 0 Å². The van der Waals surface area contributed by atoms with Gasteiger partial charge < -0.3 is 10.3 Å². The van der Waals surface area contributed by atoms with Gasteiger partial charge in [0.05, 0.1) is 0 Å². The number of aromatic amines is 1. The molecule has 0 amide bonds. The normalized spacial score (nSPS) is 13.9. The van der Waals surface area contributed by atoms with Crippen LogP contribution in [0.3, 0.4) is 0 Å². The summed E-state index contributed by atoms with van der Waals surface area (Å²) in [6.45, 7) is 4.04. The van der Waals surface area contributed by atoms with Gasteiger partial charge in [0.25, 0.3) is 0 Å². The van der Waals surface area contributed by atoms with Gasteiger partial charge in [-0.05, 0) is 32.0 Å². The lowest BCUT2D eigenvalue weighted by Gasteiger charge is -2.16. The summed E-state index contributed by atoms with van der Waals surface area (Å²) in [6, 6.07) is 15.7. The summed E-state index contributed by atoms with van der Waals surface area (Å²) in [7, 11) is 0. The Bertz CT molecular complexity index is 840. The van der Waals surface area contributed by atoms with Crippen LogP contribution >= 0.6 is 11.6 Å². The Hall–Kier alpha value is -2.10. The van der Waals surface area contributed by atoms with Gasteiger partial charge in [-0.15, -0.1) is 0 Å². The van der Waals surface area contributed by atoms with Crippen LogP contribution in [0.25, 0.3) is 10.9 Å². The van der Waals surface area contributed by atoms with E-state index < -0.39 is 0 Å². The monoisotopic (exact) mass is 327 g/mol.